The molecule has 5 heteroatoms. The Balaban J connectivity index is 2.25. The molecule has 3 nitrogen and oxygen atoms in total. The summed E-state index contributed by atoms with van der Waals surface area (Å²) < 4.78 is 6.06. The molecule has 0 aromatic carbocycles. The maximum absolute atomic E-state index is 10.3. The number of rotatable bonds is 8. The molecule has 98 valence electrons. The van der Waals surface area contributed by atoms with E-state index >= 15 is 0 Å². The molecule has 1 aromatic heterocycles. The SMILES string of the molecule is COCCNCCC(C)(O)Cc1ccc(Br)s1. The first-order valence-corrected chi connectivity index (χ1v) is 7.31. The Kier molecular flexibility index (Phi) is 6.66. The highest BCUT2D eigenvalue weighted by Gasteiger charge is 2.21. The summed E-state index contributed by atoms with van der Waals surface area (Å²) in [5.41, 5.74) is -0.648. The molecule has 1 aromatic rings. The molecule has 17 heavy (non-hydrogen) atoms. The molecule has 1 atom stereocenters. The molecule has 0 bridgehead atoms. The summed E-state index contributed by atoms with van der Waals surface area (Å²) in [6.07, 6.45) is 1.45. The largest absolute Gasteiger partial charge is 0.390 e. The van der Waals surface area contributed by atoms with E-state index in [-0.39, 0.29) is 0 Å². The van der Waals surface area contributed by atoms with E-state index in [4.69, 9.17) is 4.74 Å². The predicted octanol–water partition coefficient (Wildman–Crippen LogP) is 2.43. The van der Waals surface area contributed by atoms with Gasteiger partial charge in [0.05, 0.1) is 16.0 Å². The number of aliphatic hydroxyl groups is 1. The number of nitrogens with one attached hydrogen (secondary N) is 1. The lowest BCUT2D eigenvalue weighted by Gasteiger charge is -2.22. The molecule has 0 fully saturated rings. The summed E-state index contributed by atoms with van der Waals surface area (Å²) >= 11 is 5.11. The minimum Gasteiger partial charge on any atom is -0.390 e. The molecule has 0 aliphatic carbocycles. The first-order valence-electron chi connectivity index (χ1n) is 5.70. The molecule has 0 radical (unpaired) electrons. The molecule has 0 aliphatic heterocycles. The van der Waals surface area contributed by atoms with Crippen LogP contribution in [0.15, 0.2) is 15.9 Å². The zero-order valence-electron chi connectivity index (χ0n) is 10.3. The highest BCUT2D eigenvalue weighted by molar-refractivity contribution is 9.11. The fourth-order valence-corrected chi connectivity index (χ4v) is 3.23. The van der Waals surface area contributed by atoms with E-state index in [1.807, 2.05) is 13.0 Å². The molecular weight excluding hydrogens is 302 g/mol. The van der Waals surface area contributed by atoms with Gasteiger partial charge < -0.3 is 15.2 Å². The Morgan fingerprint density at radius 3 is 2.82 bits per heavy atom. The zero-order valence-corrected chi connectivity index (χ0v) is 12.7. The van der Waals surface area contributed by atoms with E-state index < -0.39 is 5.60 Å². The van der Waals surface area contributed by atoms with E-state index in [0.717, 1.165) is 23.3 Å². The van der Waals surface area contributed by atoms with Crippen LogP contribution in [-0.4, -0.2) is 37.5 Å². The Bertz CT molecular complexity index is 328. The monoisotopic (exact) mass is 321 g/mol. The van der Waals surface area contributed by atoms with Crippen molar-refractivity contribution in [3.8, 4) is 0 Å². The third kappa shape index (κ3) is 6.52. The molecule has 0 saturated carbocycles. The van der Waals surface area contributed by atoms with E-state index in [1.165, 1.54) is 4.88 Å². The predicted molar refractivity (Wildman–Crippen MR) is 75.7 cm³/mol. The molecule has 0 amide bonds. The number of hydrogen-bond donors (Lipinski definition) is 2. The fourth-order valence-electron chi connectivity index (χ4n) is 1.57. The quantitative estimate of drug-likeness (QED) is 0.722. The van der Waals surface area contributed by atoms with Crippen molar-refractivity contribution < 1.29 is 9.84 Å². The van der Waals surface area contributed by atoms with Crippen molar-refractivity contribution in [2.24, 2.45) is 0 Å². The maximum atomic E-state index is 10.3. The van der Waals surface area contributed by atoms with Gasteiger partial charge in [0.2, 0.25) is 0 Å². The second-order valence-corrected chi connectivity index (χ2v) is 6.92. The summed E-state index contributed by atoms with van der Waals surface area (Å²) in [6, 6.07) is 4.08. The van der Waals surface area contributed by atoms with Crippen LogP contribution in [0.4, 0.5) is 0 Å². The van der Waals surface area contributed by atoms with Crippen LogP contribution in [-0.2, 0) is 11.2 Å². The van der Waals surface area contributed by atoms with Crippen LogP contribution in [0.25, 0.3) is 0 Å². The van der Waals surface area contributed by atoms with Gasteiger partial charge in [-0.3, -0.25) is 0 Å². The Morgan fingerprint density at radius 1 is 1.47 bits per heavy atom. The van der Waals surface area contributed by atoms with Crippen molar-refractivity contribution in [3.63, 3.8) is 0 Å². The van der Waals surface area contributed by atoms with Gasteiger partial charge in [0, 0.05) is 25.0 Å². The van der Waals surface area contributed by atoms with Crippen molar-refractivity contribution in [2.45, 2.75) is 25.4 Å². The normalized spacial score (nSPS) is 14.8. The first-order chi connectivity index (χ1) is 8.03. The third-order valence-corrected chi connectivity index (χ3v) is 4.13. The van der Waals surface area contributed by atoms with Gasteiger partial charge in [-0.05, 0) is 48.0 Å². The van der Waals surface area contributed by atoms with Gasteiger partial charge in [0.1, 0.15) is 0 Å². The van der Waals surface area contributed by atoms with E-state index in [2.05, 4.69) is 27.3 Å². The number of thiophene rings is 1. The third-order valence-electron chi connectivity index (χ3n) is 2.51. The molecule has 1 unspecified atom stereocenters. The molecule has 1 rings (SSSR count). The Hall–Kier alpha value is 0.0600. The van der Waals surface area contributed by atoms with Crippen molar-refractivity contribution in [3.05, 3.63) is 20.8 Å². The number of methoxy groups -OCH3 is 1. The van der Waals surface area contributed by atoms with Crippen LogP contribution in [0.3, 0.4) is 0 Å². The van der Waals surface area contributed by atoms with Gasteiger partial charge in [-0.25, -0.2) is 0 Å². The first kappa shape index (κ1) is 15.1. The van der Waals surface area contributed by atoms with Crippen molar-refractivity contribution in [1.82, 2.24) is 5.32 Å². The van der Waals surface area contributed by atoms with E-state index in [0.29, 0.717) is 13.0 Å². The smallest absolute Gasteiger partial charge is 0.0701 e. The number of hydrogen-bond acceptors (Lipinski definition) is 4. The molecule has 0 saturated heterocycles. The maximum Gasteiger partial charge on any atom is 0.0701 e. The van der Waals surface area contributed by atoms with Crippen LogP contribution >= 0.6 is 27.3 Å². The Morgan fingerprint density at radius 2 is 2.24 bits per heavy atom. The molecule has 0 spiro atoms. The highest BCUT2D eigenvalue weighted by atomic mass is 79.9. The lowest BCUT2D eigenvalue weighted by atomic mass is 9.97. The second-order valence-electron chi connectivity index (χ2n) is 4.37. The van der Waals surface area contributed by atoms with Gasteiger partial charge in [-0.1, -0.05) is 0 Å². The standard InChI is InChI=1S/C12H20BrNO2S/c1-12(15,5-6-14-7-8-16-2)9-10-3-4-11(13)17-10/h3-4,14-15H,5-9H2,1-2H3. The van der Waals surface area contributed by atoms with Crippen molar-refractivity contribution in [1.29, 1.82) is 0 Å². The summed E-state index contributed by atoms with van der Waals surface area (Å²) in [5, 5.41) is 13.5. The minimum absolute atomic E-state index is 0.648. The minimum atomic E-state index is -0.648. The van der Waals surface area contributed by atoms with Gasteiger partial charge >= 0.3 is 0 Å². The second kappa shape index (κ2) is 7.48. The van der Waals surface area contributed by atoms with Crippen LogP contribution in [0.1, 0.15) is 18.2 Å². The summed E-state index contributed by atoms with van der Waals surface area (Å²) in [7, 11) is 1.69. The molecular formula is C12H20BrNO2S. The molecule has 1 heterocycles. The fraction of sp³-hybridized carbons (Fsp3) is 0.667. The van der Waals surface area contributed by atoms with Crippen LogP contribution in [0.5, 0.6) is 0 Å². The number of ether oxygens (including phenoxy) is 1. The van der Waals surface area contributed by atoms with Crippen molar-refractivity contribution in [2.75, 3.05) is 26.8 Å². The number of halogens is 1. The summed E-state index contributed by atoms with van der Waals surface area (Å²) in [5.74, 6) is 0. The van der Waals surface area contributed by atoms with Crippen molar-refractivity contribution >= 4 is 27.3 Å². The van der Waals surface area contributed by atoms with Gasteiger partial charge in [0.15, 0.2) is 0 Å². The van der Waals surface area contributed by atoms with Crippen LogP contribution < -0.4 is 5.32 Å². The molecule has 0 aliphatic rings. The Labute approximate surface area is 115 Å². The summed E-state index contributed by atoms with van der Waals surface area (Å²) in [4.78, 5) is 1.21. The highest BCUT2D eigenvalue weighted by Crippen LogP contribution is 2.26. The average molecular weight is 322 g/mol. The van der Waals surface area contributed by atoms with Crippen LogP contribution in [0, 0.1) is 0 Å². The zero-order chi connectivity index (χ0) is 12.7. The van der Waals surface area contributed by atoms with Gasteiger partial charge in [-0.2, -0.15) is 0 Å². The summed E-state index contributed by atoms with van der Waals surface area (Å²) in [6.45, 7) is 4.23. The molecule has 2 N–H and O–H groups in total. The van der Waals surface area contributed by atoms with E-state index in [9.17, 15) is 5.11 Å². The topological polar surface area (TPSA) is 41.5 Å². The van der Waals surface area contributed by atoms with Crippen LogP contribution in [0.2, 0.25) is 0 Å². The lowest BCUT2D eigenvalue weighted by molar-refractivity contribution is 0.0518. The van der Waals surface area contributed by atoms with Gasteiger partial charge in [0.25, 0.3) is 0 Å². The van der Waals surface area contributed by atoms with Gasteiger partial charge in [-0.15, -0.1) is 11.3 Å². The van der Waals surface area contributed by atoms with E-state index in [1.54, 1.807) is 18.4 Å². The lowest BCUT2D eigenvalue weighted by Crippen LogP contribution is -2.32. The average Bonchev–Trinajstić information content (AvgIpc) is 2.62.